The molecule has 0 unspecified atom stereocenters. The number of nitrogens with zero attached hydrogens (tertiary/aromatic N) is 1. The van der Waals surface area contributed by atoms with Crippen LogP contribution in [0.1, 0.15) is 41.3 Å². The fourth-order valence-electron chi connectivity index (χ4n) is 3.85. The Morgan fingerprint density at radius 2 is 1.83 bits per heavy atom. The number of hydrogen-bond acceptors (Lipinski definition) is 8. The number of benzene rings is 1. The Morgan fingerprint density at radius 1 is 1.10 bits per heavy atom. The number of methoxy groups -OCH3 is 3. The Morgan fingerprint density at radius 3 is 2.48 bits per heavy atom. The van der Waals surface area contributed by atoms with Crippen molar-refractivity contribution in [2.75, 3.05) is 34.5 Å². The molecule has 0 spiro atoms. The number of ketones is 1. The molecule has 0 bridgehead atoms. The quantitative estimate of drug-likeness (QED) is 0.705. The molecule has 1 aliphatic heterocycles. The van der Waals surface area contributed by atoms with Gasteiger partial charge < -0.3 is 28.2 Å². The standard InChI is InChI=1S/C21H23NO7/c1-12-11-15-17(19(23)21(12,25-3)26-4)18(22-29-15)16-13(7-5-8-14(16)24-2)20-27-9-6-10-28-20/h5,7-8,11,20H,6,9-10H2,1-4H3. The SMILES string of the molecule is COc1cccc(C2OCCCO2)c1-c1noc2c1C(=O)C(OC)(OC)C(C)=C2. The molecule has 1 aromatic heterocycles. The molecule has 0 atom stereocenters. The van der Waals surface area contributed by atoms with Crippen LogP contribution in [-0.4, -0.2) is 51.3 Å². The molecule has 0 N–H and O–H groups in total. The van der Waals surface area contributed by atoms with Crippen molar-refractivity contribution >= 4 is 11.9 Å². The van der Waals surface area contributed by atoms with E-state index < -0.39 is 17.9 Å². The third kappa shape index (κ3) is 3.00. The predicted octanol–water partition coefficient (Wildman–Crippen LogP) is 3.37. The van der Waals surface area contributed by atoms with Crippen LogP contribution in [0.5, 0.6) is 5.75 Å². The van der Waals surface area contributed by atoms with E-state index in [1.807, 2.05) is 12.1 Å². The summed E-state index contributed by atoms with van der Waals surface area (Å²) in [6, 6.07) is 5.49. The summed E-state index contributed by atoms with van der Waals surface area (Å²) in [4.78, 5) is 13.5. The monoisotopic (exact) mass is 401 g/mol. The lowest BCUT2D eigenvalue weighted by Crippen LogP contribution is -2.45. The minimum Gasteiger partial charge on any atom is -0.496 e. The van der Waals surface area contributed by atoms with Crippen LogP contribution in [0.4, 0.5) is 0 Å². The molecule has 2 heterocycles. The molecule has 1 fully saturated rings. The number of rotatable bonds is 5. The van der Waals surface area contributed by atoms with Gasteiger partial charge in [-0.05, 0) is 31.1 Å². The zero-order valence-corrected chi connectivity index (χ0v) is 16.8. The molecule has 1 aromatic carbocycles. The van der Waals surface area contributed by atoms with Gasteiger partial charge in [0.15, 0.2) is 12.1 Å². The molecule has 0 saturated carbocycles. The number of carbonyl (C=O) groups excluding carboxylic acids is 1. The van der Waals surface area contributed by atoms with Crippen LogP contribution < -0.4 is 4.74 Å². The van der Waals surface area contributed by atoms with E-state index in [1.54, 1.807) is 26.2 Å². The van der Waals surface area contributed by atoms with Gasteiger partial charge in [-0.25, -0.2) is 0 Å². The second-order valence-electron chi connectivity index (χ2n) is 6.80. The maximum Gasteiger partial charge on any atom is 0.257 e. The Labute approximate surface area is 168 Å². The van der Waals surface area contributed by atoms with E-state index in [9.17, 15) is 4.79 Å². The smallest absolute Gasteiger partial charge is 0.257 e. The zero-order chi connectivity index (χ0) is 20.6. The Balaban J connectivity index is 1.92. The average Bonchev–Trinajstić information content (AvgIpc) is 3.18. The first-order chi connectivity index (χ1) is 14.1. The van der Waals surface area contributed by atoms with Crippen molar-refractivity contribution in [3.63, 3.8) is 0 Å². The lowest BCUT2D eigenvalue weighted by atomic mass is 9.87. The van der Waals surface area contributed by atoms with Crippen molar-refractivity contribution in [2.45, 2.75) is 25.4 Å². The number of ether oxygens (including phenoxy) is 5. The van der Waals surface area contributed by atoms with E-state index in [0.29, 0.717) is 47.1 Å². The third-order valence-corrected chi connectivity index (χ3v) is 5.28. The molecule has 1 saturated heterocycles. The van der Waals surface area contributed by atoms with Crippen molar-refractivity contribution in [1.82, 2.24) is 5.16 Å². The summed E-state index contributed by atoms with van der Waals surface area (Å²) in [5, 5.41) is 4.21. The van der Waals surface area contributed by atoms with Gasteiger partial charge in [0.1, 0.15) is 11.4 Å². The Hall–Kier alpha value is -2.52. The molecule has 8 heteroatoms. The van der Waals surface area contributed by atoms with E-state index in [1.165, 1.54) is 14.2 Å². The van der Waals surface area contributed by atoms with Crippen LogP contribution in [0.3, 0.4) is 0 Å². The molecular formula is C21H23NO7. The topological polar surface area (TPSA) is 89.2 Å². The van der Waals surface area contributed by atoms with Crippen LogP contribution in [0.25, 0.3) is 17.3 Å². The van der Waals surface area contributed by atoms with Gasteiger partial charge in [-0.1, -0.05) is 17.3 Å². The molecule has 2 aliphatic rings. The highest BCUT2D eigenvalue weighted by atomic mass is 16.7. The normalized spacial score (nSPS) is 19.0. The highest BCUT2D eigenvalue weighted by Crippen LogP contribution is 2.44. The highest BCUT2D eigenvalue weighted by Gasteiger charge is 2.48. The highest BCUT2D eigenvalue weighted by molar-refractivity contribution is 6.12. The first kappa shape index (κ1) is 19.8. The van der Waals surface area contributed by atoms with Gasteiger partial charge in [0.25, 0.3) is 5.79 Å². The van der Waals surface area contributed by atoms with Gasteiger partial charge >= 0.3 is 0 Å². The lowest BCUT2D eigenvalue weighted by Gasteiger charge is -2.32. The van der Waals surface area contributed by atoms with E-state index >= 15 is 0 Å². The van der Waals surface area contributed by atoms with Gasteiger partial charge in [-0.2, -0.15) is 0 Å². The van der Waals surface area contributed by atoms with Crippen molar-refractivity contribution in [3.05, 3.63) is 40.7 Å². The molecule has 2 aromatic rings. The van der Waals surface area contributed by atoms with Crippen LogP contribution in [-0.2, 0) is 18.9 Å². The molecule has 0 radical (unpaired) electrons. The summed E-state index contributed by atoms with van der Waals surface area (Å²) in [5.41, 5.74) is 2.45. The minimum absolute atomic E-state index is 0.265. The van der Waals surface area contributed by atoms with E-state index in [-0.39, 0.29) is 5.56 Å². The predicted molar refractivity (Wildman–Crippen MR) is 102 cm³/mol. The molecule has 29 heavy (non-hydrogen) atoms. The van der Waals surface area contributed by atoms with Crippen LogP contribution in [0.2, 0.25) is 0 Å². The molecule has 1 aliphatic carbocycles. The lowest BCUT2D eigenvalue weighted by molar-refractivity contribution is -0.182. The van der Waals surface area contributed by atoms with E-state index in [2.05, 4.69) is 5.16 Å². The van der Waals surface area contributed by atoms with E-state index in [4.69, 9.17) is 28.2 Å². The number of fused-ring (bicyclic) bond motifs is 1. The molecule has 4 rings (SSSR count). The van der Waals surface area contributed by atoms with Crippen molar-refractivity contribution in [2.24, 2.45) is 0 Å². The summed E-state index contributed by atoms with van der Waals surface area (Å²) in [7, 11) is 4.41. The van der Waals surface area contributed by atoms with Gasteiger partial charge in [0, 0.05) is 19.8 Å². The summed E-state index contributed by atoms with van der Waals surface area (Å²) < 4.78 is 33.6. The number of hydrogen-bond donors (Lipinski definition) is 0. The van der Waals surface area contributed by atoms with Gasteiger partial charge in [-0.3, -0.25) is 4.79 Å². The van der Waals surface area contributed by atoms with Crippen molar-refractivity contribution in [3.8, 4) is 17.0 Å². The molecular weight excluding hydrogens is 378 g/mol. The molecule has 154 valence electrons. The number of carbonyl (C=O) groups is 1. The van der Waals surface area contributed by atoms with Crippen molar-refractivity contribution in [1.29, 1.82) is 0 Å². The fourth-order valence-corrected chi connectivity index (χ4v) is 3.85. The summed E-state index contributed by atoms with van der Waals surface area (Å²) in [6.45, 7) is 2.90. The second-order valence-corrected chi connectivity index (χ2v) is 6.80. The van der Waals surface area contributed by atoms with Gasteiger partial charge in [0.2, 0.25) is 5.78 Å². The zero-order valence-electron chi connectivity index (χ0n) is 16.8. The first-order valence-electron chi connectivity index (χ1n) is 9.31. The maximum absolute atomic E-state index is 13.5. The van der Waals surface area contributed by atoms with E-state index in [0.717, 1.165) is 6.42 Å². The summed E-state index contributed by atoms with van der Waals surface area (Å²) >= 11 is 0. The Bertz CT molecular complexity index is 952. The summed E-state index contributed by atoms with van der Waals surface area (Å²) in [6.07, 6.45) is 1.93. The average molecular weight is 401 g/mol. The number of Topliss-reactive ketones (excluding diaryl/α,β-unsaturated/α-hetero) is 1. The van der Waals surface area contributed by atoms with Gasteiger partial charge in [-0.15, -0.1) is 0 Å². The van der Waals surface area contributed by atoms with Gasteiger partial charge in [0.05, 0.1) is 31.5 Å². The molecule has 0 amide bonds. The van der Waals surface area contributed by atoms with Crippen LogP contribution >= 0.6 is 0 Å². The second kappa shape index (κ2) is 7.72. The maximum atomic E-state index is 13.5. The van der Waals surface area contributed by atoms with Crippen LogP contribution in [0.15, 0.2) is 28.3 Å². The van der Waals surface area contributed by atoms with Crippen LogP contribution in [0, 0.1) is 0 Å². The van der Waals surface area contributed by atoms with Crippen molar-refractivity contribution < 1.29 is 33.0 Å². The fraction of sp³-hybridized carbons (Fsp3) is 0.429. The number of aromatic nitrogens is 1. The third-order valence-electron chi connectivity index (χ3n) is 5.28. The largest absolute Gasteiger partial charge is 0.496 e. The summed E-state index contributed by atoms with van der Waals surface area (Å²) in [5.74, 6) is -1.06. The minimum atomic E-state index is -1.53. The first-order valence-corrected chi connectivity index (χ1v) is 9.31. The Kier molecular flexibility index (Phi) is 5.26. The molecule has 8 nitrogen and oxygen atoms in total.